The Labute approximate surface area is 141 Å². The Bertz CT molecular complexity index is 713. The standard InChI is InChI=1S/C17H23N5O2/c1-4-22-10-9-18-16(22)15-12(8-11-24-15)17(23)20-13-6-5-7-14(19-13)21(2)3/h5-7,9-10,12,15H,4,8,11H2,1-3H3,(H,19,20,23)/t12-,15-/m1/s1. The number of amides is 1. The van der Waals surface area contributed by atoms with E-state index in [-0.39, 0.29) is 17.9 Å². The molecule has 1 saturated heterocycles. The summed E-state index contributed by atoms with van der Waals surface area (Å²) in [5, 5.41) is 2.91. The summed E-state index contributed by atoms with van der Waals surface area (Å²) in [5.74, 6) is 1.82. The van der Waals surface area contributed by atoms with Crippen LogP contribution in [0, 0.1) is 5.92 Å². The highest BCUT2D eigenvalue weighted by atomic mass is 16.5. The Kier molecular flexibility index (Phi) is 4.80. The van der Waals surface area contributed by atoms with Crippen molar-refractivity contribution in [2.45, 2.75) is 26.0 Å². The second-order valence-corrected chi connectivity index (χ2v) is 6.02. The molecule has 1 amide bonds. The smallest absolute Gasteiger partial charge is 0.231 e. The van der Waals surface area contributed by atoms with E-state index in [1.165, 1.54) is 0 Å². The van der Waals surface area contributed by atoms with Gasteiger partial charge in [0.15, 0.2) is 0 Å². The molecular formula is C17H23N5O2. The Morgan fingerprint density at radius 3 is 3.04 bits per heavy atom. The molecule has 2 aromatic rings. The Morgan fingerprint density at radius 1 is 1.46 bits per heavy atom. The van der Waals surface area contributed by atoms with Gasteiger partial charge in [-0.05, 0) is 25.5 Å². The van der Waals surface area contributed by atoms with Crippen molar-refractivity contribution < 1.29 is 9.53 Å². The zero-order chi connectivity index (χ0) is 17.1. The summed E-state index contributed by atoms with van der Waals surface area (Å²) >= 11 is 0. The number of hydrogen-bond acceptors (Lipinski definition) is 5. The molecule has 2 aromatic heterocycles. The number of carbonyl (C=O) groups is 1. The lowest BCUT2D eigenvalue weighted by atomic mass is 10.00. The number of aryl methyl sites for hydroxylation is 1. The van der Waals surface area contributed by atoms with E-state index in [4.69, 9.17) is 4.74 Å². The minimum absolute atomic E-state index is 0.0773. The number of aromatic nitrogens is 3. The summed E-state index contributed by atoms with van der Waals surface area (Å²) in [6, 6.07) is 5.57. The van der Waals surface area contributed by atoms with E-state index >= 15 is 0 Å². The number of anilines is 2. The lowest BCUT2D eigenvalue weighted by molar-refractivity contribution is -0.121. The maximum absolute atomic E-state index is 12.7. The number of carbonyl (C=O) groups excluding carboxylic acids is 1. The van der Waals surface area contributed by atoms with Crippen LogP contribution in [0.4, 0.5) is 11.6 Å². The van der Waals surface area contributed by atoms with Crippen LogP contribution in [0.25, 0.3) is 0 Å². The maximum Gasteiger partial charge on any atom is 0.231 e. The zero-order valence-electron chi connectivity index (χ0n) is 14.3. The third kappa shape index (κ3) is 3.26. The van der Waals surface area contributed by atoms with Crippen LogP contribution in [-0.2, 0) is 16.1 Å². The first-order valence-electron chi connectivity index (χ1n) is 8.18. The van der Waals surface area contributed by atoms with Crippen LogP contribution in [-0.4, -0.2) is 41.1 Å². The molecule has 2 atom stereocenters. The van der Waals surface area contributed by atoms with Gasteiger partial charge in [0.1, 0.15) is 23.6 Å². The Morgan fingerprint density at radius 2 is 2.29 bits per heavy atom. The van der Waals surface area contributed by atoms with Gasteiger partial charge in [-0.25, -0.2) is 9.97 Å². The summed E-state index contributed by atoms with van der Waals surface area (Å²) < 4.78 is 7.82. The summed E-state index contributed by atoms with van der Waals surface area (Å²) in [7, 11) is 3.83. The van der Waals surface area contributed by atoms with Gasteiger partial charge < -0.3 is 19.5 Å². The fourth-order valence-corrected chi connectivity index (χ4v) is 2.92. The van der Waals surface area contributed by atoms with Gasteiger partial charge in [-0.1, -0.05) is 6.07 Å². The molecule has 24 heavy (non-hydrogen) atoms. The maximum atomic E-state index is 12.7. The van der Waals surface area contributed by atoms with Crippen LogP contribution in [0.2, 0.25) is 0 Å². The van der Waals surface area contributed by atoms with Gasteiger partial charge in [0.05, 0.1) is 5.92 Å². The normalized spacial score (nSPS) is 20.1. The van der Waals surface area contributed by atoms with Crippen LogP contribution in [0.1, 0.15) is 25.3 Å². The second kappa shape index (κ2) is 7.00. The molecule has 0 aromatic carbocycles. The highest BCUT2D eigenvalue weighted by Gasteiger charge is 2.37. The van der Waals surface area contributed by atoms with Gasteiger partial charge in [0.2, 0.25) is 5.91 Å². The van der Waals surface area contributed by atoms with Crippen LogP contribution < -0.4 is 10.2 Å². The summed E-state index contributed by atoms with van der Waals surface area (Å²) in [4.78, 5) is 23.4. The van der Waals surface area contributed by atoms with Gasteiger partial charge in [-0.3, -0.25) is 4.79 Å². The molecule has 0 bridgehead atoms. The molecule has 0 radical (unpaired) electrons. The Hall–Kier alpha value is -2.41. The molecule has 1 aliphatic rings. The number of ether oxygens (including phenoxy) is 1. The average Bonchev–Trinajstić information content (AvgIpc) is 3.23. The van der Waals surface area contributed by atoms with E-state index < -0.39 is 0 Å². The number of imidazole rings is 1. The first-order valence-corrected chi connectivity index (χ1v) is 8.18. The van der Waals surface area contributed by atoms with Crippen molar-refractivity contribution in [2.24, 2.45) is 5.92 Å². The SMILES string of the molecule is CCn1ccnc1[C@@H]1OCC[C@H]1C(=O)Nc1cccc(N(C)C)n1. The van der Waals surface area contributed by atoms with Gasteiger partial charge in [0, 0.05) is 39.6 Å². The molecule has 7 heteroatoms. The van der Waals surface area contributed by atoms with Crippen molar-refractivity contribution in [1.29, 1.82) is 0 Å². The molecule has 1 N–H and O–H groups in total. The predicted octanol–water partition coefficient (Wildman–Crippen LogP) is 2.08. The average molecular weight is 329 g/mol. The van der Waals surface area contributed by atoms with Crippen LogP contribution in [0.3, 0.4) is 0 Å². The molecule has 1 fully saturated rings. The quantitative estimate of drug-likeness (QED) is 0.909. The molecule has 3 rings (SSSR count). The number of hydrogen-bond donors (Lipinski definition) is 1. The van der Waals surface area contributed by atoms with Crippen molar-refractivity contribution in [1.82, 2.24) is 14.5 Å². The van der Waals surface area contributed by atoms with Gasteiger partial charge in [-0.15, -0.1) is 0 Å². The van der Waals surface area contributed by atoms with E-state index in [0.29, 0.717) is 18.8 Å². The monoisotopic (exact) mass is 329 g/mol. The van der Waals surface area contributed by atoms with Gasteiger partial charge >= 0.3 is 0 Å². The lowest BCUT2D eigenvalue weighted by Crippen LogP contribution is -2.27. The van der Waals surface area contributed by atoms with E-state index in [1.54, 1.807) is 12.3 Å². The number of nitrogens with zero attached hydrogens (tertiary/aromatic N) is 4. The first kappa shape index (κ1) is 16.4. The first-order chi connectivity index (χ1) is 11.6. The molecule has 1 aliphatic heterocycles. The van der Waals surface area contributed by atoms with Crippen molar-refractivity contribution in [3.8, 4) is 0 Å². The van der Waals surface area contributed by atoms with E-state index in [2.05, 4.69) is 15.3 Å². The van der Waals surface area contributed by atoms with Gasteiger partial charge in [-0.2, -0.15) is 0 Å². The summed E-state index contributed by atoms with van der Waals surface area (Å²) in [6.45, 7) is 3.41. The minimum atomic E-state index is -0.308. The van der Waals surface area contributed by atoms with Crippen LogP contribution >= 0.6 is 0 Å². The van der Waals surface area contributed by atoms with Crippen molar-refractivity contribution in [3.63, 3.8) is 0 Å². The molecule has 0 saturated carbocycles. The highest BCUT2D eigenvalue weighted by Crippen LogP contribution is 2.34. The summed E-state index contributed by atoms with van der Waals surface area (Å²) in [6.07, 6.45) is 4.03. The third-order valence-electron chi connectivity index (χ3n) is 4.22. The topological polar surface area (TPSA) is 72.3 Å². The van der Waals surface area contributed by atoms with Crippen molar-refractivity contribution >= 4 is 17.5 Å². The molecule has 3 heterocycles. The Balaban J connectivity index is 1.75. The molecule has 0 spiro atoms. The van der Waals surface area contributed by atoms with Gasteiger partial charge in [0.25, 0.3) is 0 Å². The number of pyridine rings is 1. The molecule has 128 valence electrons. The van der Waals surface area contributed by atoms with Crippen molar-refractivity contribution in [3.05, 3.63) is 36.4 Å². The number of nitrogens with one attached hydrogen (secondary N) is 1. The molecule has 0 unspecified atom stereocenters. The minimum Gasteiger partial charge on any atom is -0.369 e. The molecule has 7 nitrogen and oxygen atoms in total. The molecular weight excluding hydrogens is 306 g/mol. The fraction of sp³-hybridized carbons (Fsp3) is 0.471. The lowest BCUT2D eigenvalue weighted by Gasteiger charge is -2.19. The van der Waals surface area contributed by atoms with E-state index in [0.717, 1.165) is 18.2 Å². The zero-order valence-corrected chi connectivity index (χ0v) is 14.3. The number of rotatable bonds is 5. The molecule has 0 aliphatic carbocycles. The highest BCUT2D eigenvalue weighted by molar-refractivity contribution is 5.92. The fourth-order valence-electron chi connectivity index (χ4n) is 2.92. The van der Waals surface area contributed by atoms with E-state index in [9.17, 15) is 4.79 Å². The summed E-state index contributed by atoms with van der Waals surface area (Å²) in [5.41, 5.74) is 0. The van der Waals surface area contributed by atoms with Crippen LogP contribution in [0.15, 0.2) is 30.6 Å². The largest absolute Gasteiger partial charge is 0.369 e. The second-order valence-electron chi connectivity index (χ2n) is 6.02. The van der Waals surface area contributed by atoms with E-state index in [1.807, 2.05) is 48.8 Å². The van der Waals surface area contributed by atoms with Crippen LogP contribution in [0.5, 0.6) is 0 Å². The third-order valence-corrected chi connectivity index (χ3v) is 4.22. The predicted molar refractivity (Wildman–Crippen MR) is 91.9 cm³/mol. The van der Waals surface area contributed by atoms with Crippen molar-refractivity contribution in [2.75, 3.05) is 30.9 Å².